The number of aryl methyl sites for hydroxylation is 1. The van der Waals surface area contributed by atoms with Crippen molar-refractivity contribution in [3.05, 3.63) is 36.0 Å². The van der Waals surface area contributed by atoms with E-state index in [0.29, 0.717) is 30.2 Å². The lowest BCUT2D eigenvalue weighted by Crippen LogP contribution is -2.11. The first-order valence-corrected chi connectivity index (χ1v) is 6.34. The third-order valence-corrected chi connectivity index (χ3v) is 2.65. The first-order chi connectivity index (χ1) is 10.2. The van der Waals surface area contributed by atoms with Crippen molar-refractivity contribution in [2.45, 2.75) is 13.5 Å². The molecule has 0 saturated heterocycles. The lowest BCUT2D eigenvalue weighted by Gasteiger charge is -2.07. The van der Waals surface area contributed by atoms with Gasteiger partial charge in [-0.1, -0.05) is 5.16 Å². The van der Waals surface area contributed by atoms with Crippen LogP contribution in [0.25, 0.3) is 5.95 Å². The minimum atomic E-state index is 0.425. The molecule has 21 heavy (non-hydrogen) atoms. The van der Waals surface area contributed by atoms with Crippen molar-refractivity contribution in [3.63, 3.8) is 0 Å². The van der Waals surface area contributed by atoms with E-state index in [9.17, 15) is 0 Å². The van der Waals surface area contributed by atoms with E-state index >= 15 is 0 Å². The van der Waals surface area contributed by atoms with Crippen LogP contribution >= 0.6 is 0 Å². The zero-order valence-corrected chi connectivity index (χ0v) is 11.6. The Morgan fingerprint density at radius 1 is 1.24 bits per heavy atom. The molecule has 0 amide bonds. The predicted molar refractivity (Wildman–Crippen MR) is 75.1 cm³/mol. The van der Waals surface area contributed by atoms with E-state index in [4.69, 9.17) is 4.52 Å². The molecule has 9 nitrogen and oxygen atoms in total. The Hall–Kier alpha value is -2.97. The summed E-state index contributed by atoms with van der Waals surface area (Å²) in [5.41, 5.74) is 0.829. The van der Waals surface area contributed by atoms with E-state index in [1.807, 2.05) is 13.0 Å². The summed E-state index contributed by atoms with van der Waals surface area (Å²) in [5.74, 6) is 2.01. The van der Waals surface area contributed by atoms with Gasteiger partial charge in [0, 0.05) is 25.5 Å². The van der Waals surface area contributed by atoms with Crippen molar-refractivity contribution in [3.8, 4) is 5.95 Å². The van der Waals surface area contributed by atoms with Gasteiger partial charge in [0.1, 0.15) is 0 Å². The molecule has 2 N–H and O–H groups in total. The third kappa shape index (κ3) is 2.96. The van der Waals surface area contributed by atoms with Crippen LogP contribution in [0.4, 0.5) is 11.9 Å². The van der Waals surface area contributed by atoms with Crippen molar-refractivity contribution >= 4 is 11.9 Å². The fourth-order valence-corrected chi connectivity index (χ4v) is 1.71. The van der Waals surface area contributed by atoms with Gasteiger partial charge in [-0.05, 0) is 13.0 Å². The summed E-state index contributed by atoms with van der Waals surface area (Å²) in [6.07, 6.45) is 3.42. The van der Waals surface area contributed by atoms with Crippen LogP contribution in [0.2, 0.25) is 0 Å². The lowest BCUT2D eigenvalue weighted by molar-refractivity contribution is 0.384. The minimum absolute atomic E-state index is 0.425. The quantitative estimate of drug-likeness (QED) is 0.715. The molecule has 0 aliphatic carbocycles. The molecule has 0 aliphatic rings. The molecule has 3 aromatic heterocycles. The van der Waals surface area contributed by atoms with E-state index in [0.717, 1.165) is 5.69 Å². The Bertz CT molecular complexity index is 721. The Morgan fingerprint density at radius 3 is 2.76 bits per heavy atom. The normalized spacial score (nSPS) is 10.6. The number of nitrogens with one attached hydrogen (secondary N) is 2. The number of anilines is 2. The average molecular weight is 286 g/mol. The van der Waals surface area contributed by atoms with E-state index in [-0.39, 0.29) is 0 Å². The first-order valence-electron chi connectivity index (χ1n) is 6.34. The highest BCUT2D eigenvalue weighted by Crippen LogP contribution is 2.10. The Kier molecular flexibility index (Phi) is 3.46. The average Bonchev–Trinajstić information content (AvgIpc) is 3.16. The Balaban J connectivity index is 1.82. The van der Waals surface area contributed by atoms with Crippen molar-refractivity contribution in [2.24, 2.45) is 0 Å². The van der Waals surface area contributed by atoms with Gasteiger partial charge in [0.05, 0.1) is 12.2 Å². The third-order valence-electron chi connectivity index (χ3n) is 2.65. The molecule has 3 heterocycles. The van der Waals surface area contributed by atoms with Gasteiger partial charge in [-0.15, -0.1) is 0 Å². The molecule has 0 unspecified atom stereocenters. The fourth-order valence-electron chi connectivity index (χ4n) is 1.71. The van der Waals surface area contributed by atoms with Crippen LogP contribution in [-0.2, 0) is 6.54 Å². The molecule has 0 aromatic carbocycles. The van der Waals surface area contributed by atoms with Crippen LogP contribution in [0.1, 0.15) is 11.5 Å². The molecular weight excluding hydrogens is 272 g/mol. The van der Waals surface area contributed by atoms with Crippen LogP contribution in [0.5, 0.6) is 0 Å². The Morgan fingerprint density at radius 2 is 2.10 bits per heavy atom. The van der Waals surface area contributed by atoms with Gasteiger partial charge >= 0.3 is 0 Å². The van der Waals surface area contributed by atoms with Crippen molar-refractivity contribution in [2.75, 3.05) is 17.7 Å². The summed E-state index contributed by atoms with van der Waals surface area (Å²) in [4.78, 5) is 12.8. The van der Waals surface area contributed by atoms with Gasteiger partial charge in [0.2, 0.25) is 11.9 Å². The predicted octanol–water partition coefficient (Wildman–Crippen LogP) is 1.01. The van der Waals surface area contributed by atoms with Gasteiger partial charge in [-0.25, -0.2) is 4.68 Å². The monoisotopic (exact) mass is 286 g/mol. The summed E-state index contributed by atoms with van der Waals surface area (Å²) in [5, 5.41) is 13.9. The summed E-state index contributed by atoms with van der Waals surface area (Å²) in [6.45, 7) is 2.30. The maximum absolute atomic E-state index is 5.13. The minimum Gasteiger partial charge on any atom is -0.359 e. The van der Waals surface area contributed by atoms with Gasteiger partial charge in [0.25, 0.3) is 5.95 Å². The topological polar surface area (TPSA) is 107 Å². The molecule has 0 saturated carbocycles. The smallest absolute Gasteiger partial charge is 0.257 e. The molecule has 3 rings (SSSR count). The standard InChI is InChI=1S/C12H14N8O/c1-8-6-9(21-19-8)7-14-11-16-10(13-2)17-12(18-11)20-5-3-4-15-20/h3-6H,7H2,1-2H3,(H2,13,14,16,17,18). The first kappa shape index (κ1) is 13.0. The van der Waals surface area contributed by atoms with Crippen LogP contribution in [0.3, 0.4) is 0 Å². The molecule has 0 bridgehead atoms. The summed E-state index contributed by atoms with van der Waals surface area (Å²) in [6, 6.07) is 3.65. The molecular formula is C12H14N8O. The summed E-state index contributed by atoms with van der Waals surface area (Å²) < 4.78 is 6.69. The number of hydrogen-bond acceptors (Lipinski definition) is 8. The highest BCUT2D eigenvalue weighted by molar-refractivity contribution is 5.37. The van der Waals surface area contributed by atoms with Gasteiger partial charge in [-0.3, -0.25) is 0 Å². The van der Waals surface area contributed by atoms with Crippen molar-refractivity contribution in [1.29, 1.82) is 0 Å². The fraction of sp³-hybridized carbons (Fsp3) is 0.250. The number of nitrogens with zero attached hydrogens (tertiary/aromatic N) is 6. The Labute approximate surface area is 120 Å². The van der Waals surface area contributed by atoms with E-state index in [1.54, 1.807) is 30.2 Å². The van der Waals surface area contributed by atoms with Crippen LogP contribution < -0.4 is 10.6 Å². The number of aromatic nitrogens is 6. The molecule has 0 radical (unpaired) electrons. The highest BCUT2D eigenvalue weighted by atomic mass is 16.5. The number of rotatable bonds is 5. The zero-order chi connectivity index (χ0) is 14.7. The van der Waals surface area contributed by atoms with Crippen LogP contribution in [-0.4, -0.2) is 36.9 Å². The maximum Gasteiger partial charge on any atom is 0.257 e. The second-order valence-corrected chi connectivity index (χ2v) is 4.27. The molecule has 0 atom stereocenters. The largest absolute Gasteiger partial charge is 0.359 e. The molecule has 108 valence electrons. The van der Waals surface area contributed by atoms with Gasteiger partial charge in [0.15, 0.2) is 5.76 Å². The second kappa shape index (κ2) is 5.57. The van der Waals surface area contributed by atoms with Gasteiger partial charge in [-0.2, -0.15) is 20.1 Å². The van der Waals surface area contributed by atoms with Crippen LogP contribution in [0.15, 0.2) is 29.0 Å². The summed E-state index contributed by atoms with van der Waals surface area (Å²) in [7, 11) is 1.74. The zero-order valence-electron chi connectivity index (χ0n) is 11.6. The van der Waals surface area contributed by atoms with E-state index in [2.05, 4.69) is 35.8 Å². The summed E-state index contributed by atoms with van der Waals surface area (Å²) >= 11 is 0. The van der Waals surface area contributed by atoms with Crippen molar-refractivity contribution < 1.29 is 4.52 Å². The lowest BCUT2D eigenvalue weighted by atomic mass is 10.4. The van der Waals surface area contributed by atoms with Crippen molar-refractivity contribution in [1.82, 2.24) is 29.9 Å². The van der Waals surface area contributed by atoms with Crippen LogP contribution in [0, 0.1) is 6.92 Å². The highest BCUT2D eigenvalue weighted by Gasteiger charge is 2.08. The second-order valence-electron chi connectivity index (χ2n) is 4.27. The maximum atomic E-state index is 5.13. The van der Waals surface area contributed by atoms with E-state index in [1.165, 1.54) is 0 Å². The van der Waals surface area contributed by atoms with E-state index < -0.39 is 0 Å². The molecule has 0 fully saturated rings. The molecule has 0 spiro atoms. The molecule has 9 heteroatoms. The van der Waals surface area contributed by atoms with Gasteiger partial charge < -0.3 is 15.2 Å². The SMILES string of the molecule is CNc1nc(NCc2cc(C)no2)nc(-n2cccn2)n1. The molecule has 0 aliphatic heterocycles. The molecule has 3 aromatic rings. The number of hydrogen-bond donors (Lipinski definition) is 2.